The summed E-state index contributed by atoms with van der Waals surface area (Å²) >= 11 is 0.755. The predicted octanol–water partition coefficient (Wildman–Crippen LogP) is -0.512. The molecule has 0 saturated carbocycles. The van der Waals surface area contributed by atoms with Crippen LogP contribution < -0.4 is 16.8 Å². The Labute approximate surface area is 160 Å². The van der Waals surface area contributed by atoms with E-state index in [-0.39, 0.29) is 29.0 Å². The number of aromatic hydroxyl groups is 1. The molecule has 6 N–H and O–H groups in total. The molecule has 27 heavy (non-hydrogen) atoms. The number of hydrogen-bond acceptors (Lipinski definition) is 5. The number of nitrogens with two attached hydrogens (primary N) is 2. The van der Waals surface area contributed by atoms with E-state index in [1.807, 2.05) is 0 Å². The fourth-order valence-corrected chi connectivity index (χ4v) is 2.61. The number of guanidine groups is 2. The maximum atomic E-state index is 12.3. The van der Waals surface area contributed by atoms with E-state index >= 15 is 0 Å². The van der Waals surface area contributed by atoms with Gasteiger partial charge < -0.3 is 26.8 Å². The van der Waals surface area contributed by atoms with Gasteiger partial charge in [0.15, 0.2) is 5.96 Å². The molecule has 0 radical (unpaired) electrons. The molecular formula is C16H22N6O4S. The Hall–Kier alpha value is -3.08. The lowest BCUT2D eigenvalue weighted by Crippen LogP contribution is -2.42. The average Bonchev–Trinajstić information content (AvgIpc) is 2.57. The highest BCUT2D eigenvalue weighted by Gasteiger charge is 2.22. The third-order valence-electron chi connectivity index (χ3n) is 3.09. The van der Waals surface area contributed by atoms with Crippen molar-refractivity contribution in [2.24, 2.45) is 21.5 Å². The summed E-state index contributed by atoms with van der Waals surface area (Å²) in [6.07, 6.45) is 0. The Balaban J connectivity index is 2.88. The second kappa shape index (κ2) is 10.2. The van der Waals surface area contributed by atoms with Crippen LogP contribution in [0.5, 0.6) is 5.75 Å². The molecule has 10 nitrogen and oxygen atoms in total. The van der Waals surface area contributed by atoms with Gasteiger partial charge in [0.25, 0.3) is 5.91 Å². The highest BCUT2D eigenvalue weighted by molar-refractivity contribution is 8.14. The number of thioether (sulfide) groups is 1. The molecule has 0 aliphatic carbocycles. The summed E-state index contributed by atoms with van der Waals surface area (Å²) in [6, 6.07) is 4.91. The van der Waals surface area contributed by atoms with Gasteiger partial charge in [-0.15, -0.1) is 0 Å². The molecule has 0 aromatic heterocycles. The molecule has 146 valence electrons. The molecule has 0 spiro atoms. The SMILES string of the molecule is CC(=O)NC(CSC(=O)c1ccccc1O)C(=O)N=C(N)/N=C(\N)N(C)C. The minimum absolute atomic E-state index is 0.0456. The van der Waals surface area contributed by atoms with E-state index in [1.54, 1.807) is 26.2 Å². The van der Waals surface area contributed by atoms with Gasteiger partial charge >= 0.3 is 0 Å². The molecule has 0 heterocycles. The zero-order chi connectivity index (χ0) is 20.6. The van der Waals surface area contributed by atoms with Crippen LogP contribution in [0.25, 0.3) is 0 Å². The van der Waals surface area contributed by atoms with Crippen molar-refractivity contribution in [3.8, 4) is 5.75 Å². The van der Waals surface area contributed by atoms with E-state index in [9.17, 15) is 19.5 Å². The summed E-state index contributed by atoms with van der Waals surface area (Å²) in [7, 11) is 3.27. The van der Waals surface area contributed by atoms with E-state index in [1.165, 1.54) is 24.0 Å². The standard InChI is InChI=1S/C16H22N6O4S/c1-9(23)19-11(13(25)20-15(17)21-16(18)22(2)3)8-27-14(26)10-6-4-5-7-12(10)24/h4-7,11,24H,8H2,1-3H3,(H,19,23)(H4,17,18,20,21,25). The zero-order valence-electron chi connectivity index (χ0n) is 15.2. The summed E-state index contributed by atoms with van der Waals surface area (Å²) < 4.78 is 0. The Kier molecular flexibility index (Phi) is 8.27. The fourth-order valence-electron chi connectivity index (χ4n) is 1.74. The first-order chi connectivity index (χ1) is 12.6. The largest absolute Gasteiger partial charge is 0.507 e. The van der Waals surface area contributed by atoms with Gasteiger partial charge in [0.05, 0.1) is 5.56 Å². The van der Waals surface area contributed by atoms with Crippen molar-refractivity contribution >= 4 is 40.6 Å². The number of nitrogens with zero attached hydrogens (tertiary/aromatic N) is 3. The zero-order valence-corrected chi connectivity index (χ0v) is 16.0. The number of nitrogens with one attached hydrogen (secondary N) is 1. The van der Waals surface area contributed by atoms with Crippen LogP contribution in [0.1, 0.15) is 17.3 Å². The molecule has 0 fully saturated rings. The molecule has 0 saturated heterocycles. The Bertz CT molecular complexity index is 778. The normalized spacial score (nSPS) is 13.0. The van der Waals surface area contributed by atoms with E-state index in [2.05, 4.69) is 15.3 Å². The van der Waals surface area contributed by atoms with Gasteiger partial charge in [-0.1, -0.05) is 23.9 Å². The molecule has 0 aliphatic rings. The number of para-hydroxylation sites is 1. The first-order valence-corrected chi connectivity index (χ1v) is 8.72. The van der Waals surface area contributed by atoms with Crippen molar-refractivity contribution < 1.29 is 19.5 Å². The van der Waals surface area contributed by atoms with Crippen LogP contribution in [-0.4, -0.2) is 64.7 Å². The van der Waals surface area contributed by atoms with Crippen molar-refractivity contribution in [1.29, 1.82) is 0 Å². The third-order valence-corrected chi connectivity index (χ3v) is 4.07. The lowest BCUT2D eigenvalue weighted by molar-refractivity contribution is -0.125. The quantitative estimate of drug-likeness (QED) is 0.383. The van der Waals surface area contributed by atoms with Crippen molar-refractivity contribution in [3.63, 3.8) is 0 Å². The number of aliphatic imine (C=N–C) groups is 2. The minimum atomic E-state index is -1.10. The van der Waals surface area contributed by atoms with Crippen LogP contribution in [0.2, 0.25) is 0 Å². The highest BCUT2D eigenvalue weighted by Crippen LogP contribution is 2.22. The second-order valence-corrected chi connectivity index (χ2v) is 6.53. The van der Waals surface area contributed by atoms with Gasteiger partial charge in [0.1, 0.15) is 11.8 Å². The number of amides is 2. The molecule has 1 aromatic carbocycles. The molecule has 1 aromatic rings. The average molecular weight is 394 g/mol. The number of benzene rings is 1. The molecule has 0 bridgehead atoms. The van der Waals surface area contributed by atoms with Crippen molar-refractivity contribution in [2.45, 2.75) is 13.0 Å². The van der Waals surface area contributed by atoms with Crippen molar-refractivity contribution in [1.82, 2.24) is 10.2 Å². The molecular weight excluding hydrogens is 372 g/mol. The first kappa shape index (κ1) is 22.0. The molecule has 1 unspecified atom stereocenters. The van der Waals surface area contributed by atoms with Crippen LogP contribution in [0.3, 0.4) is 0 Å². The number of carbonyl (C=O) groups is 3. The van der Waals surface area contributed by atoms with Gasteiger partial charge in [-0.05, 0) is 12.1 Å². The van der Waals surface area contributed by atoms with Crippen LogP contribution in [0.15, 0.2) is 34.3 Å². The molecule has 2 amide bonds. The van der Waals surface area contributed by atoms with Crippen LogP contribution >= 0.6 is 11.8 Å². The van der Waals surface area contributed by atoms with Gasteiger partial charge in [0.2, 0.25) is 17.0 Å². The van der Waals surface area contributed by atoms with Crippen LogP contribution in [0, 0.1) is 0 Å². The van der Waals surface area contributed by atoms with Gasteiger partial charge in [0, 0.05) is 26.8 Å². The topological polar surface area (TPSA) is 163 Å². The number of phenols is 1. The Morgan fingerprint density at radius 3 is 2.41 bits per heavy atom. The molecule has 0 aliphatic heterocycles. The van der Waals surface area contributed by atoms with Crippen molar-refractivity contribution in [3.05, 3.63) is 29.8 Å². The van der Waals surface area contributed by atoms with Crippen LogP contribution in [-0.2, 0) is 9.59 Å². The van der Waals surface area contributed by atoms with Crippen molar-refractivity contribution in [2.75, 3.05) is 19.8 Å². The van der Waals surface area contributed by atoms with E-state index in [0.717, 1.165) is 11.8 Å². The number of phenolic OH excluding ortho intramolecular Hbond substituents is 1. The van der Waals surface area contributed by atoms with E-state index in [0.29, 0.717) is 0 Å². The highest BCUT2D eigenvalue weighted by atomic mass is 32.2. The summed E-state index contributed by atoms with van der Waals surface area (Å²) in [5.41, 5.74) is 11.3. The fraction of sp³-hybridized carbons (Fsp3) is 0.312. The molecule has 11 heteroatoms. The molecule has 1 atom stereocenters. The molecule has 1 rings (SSSR count). The summed E-state index contributed by atoms with van der Waals surface area (Å²) in [5, 5.41) is 11.7. The second-order valence-electron chi connectivity index (χ2n) is 5.54. The lowest BCUT2D eigenvalue weighted by Gasteiger charge is -2.14. The number of hydrogen-bond donors (Lipinski definition) is 4. The maximum Gasteiger partial charge on any atom is 0.272 e. The van der Waals surface area contributed by atoms with E-state index < -0.39 is 23.0 Å². The minimum Gasteiger partial charge on any atom is -0.507 e. The maximum absolute atomic E-state index is 12.3. The summed E-state index contributed by atoms with van der Waals surface area (Å²) in [6.45, 7) is 1.23. The first-order valence-electron chi connectivity index (χ1n) is 7.73. The number of rotatable bonds is 5. The Morgan fingerprint density at radius 2 is 1.85 bits per heavy atom. The lowest BCUT2D eigenvalue weighted by atomic mass is 10.2. The van der Waals surface area contributed by atoms with Gasteiger partial charge in [-0.25, -0.2) is 0 Å². The van der Waals surface area contributed by atoms with Gasteiger partial charge in [-0.2, -0.15) is 9.98 Å². The summed E-state index contributed by atoms with van der Waals surface area (Å²) in [4.78, 5) is 44.6. The smallest absolute Gasteiger partial charge is 0.272 e. The predicted molar refractivity (Wildman–Crippen MR) is 104 cm³/mol. The van der Waals surface area contributed by atoms with Crippen LogP contribution in [0.4, 0.5) is 0 Å². The van der Waals surface area contributed by atoms with Gasteiger partial charge in [-0.3, -0.25) is 14.4 Å². The monoisotopic (exact) mass is 394 g/mol. The number of carbonyl (C=O) groups excluding carboxylic acids is 3. The Morgan fingerprint density at radius 1 is 1.22 bits per heavy atom. The third kappa shape index (κ3) is 7.36. The summed E-state index contributed by atoms with van der Waals surface area (Å²) in [5.74, 6) is -1.87. The van der Waals surface area contributed by atoms with E-state index in [4.69, 9.17) is 11.5 Å².